The minimum absolute atomic E-state index is 0.00965. The SMILES string of the molecule is CC1(C)CC(N)c2ccc3c(c2O1)OCCO3. The van der Waals surface area contributed by atoms with Crippen molar-refractivity contribution < 1.29 is 14.2 Å². The molecule has 0 spiro atoms. The third-order valence-electron chi connectivity index (χ3n) is 3.18. The maximum absolute atomic E-state index is 6.18. The number of benzene rings is 1. The van der Waals surface area contributed by atoms with Crippen molar-refractivity contribution in [1.29, 1.82) is 0 Å². The van der Waals surface area contributed by atoms with Crippen LogP contribution in [0.4, 0.5) is 0 Å². The summed E-state index contributed by atoms with van der Waals surface area (Å²) in [6, 6.07) is 3.88. The maximum Gasteiger partial charge on any atom is 0.204 e. The van der Waals surface area contributed by atoms with E-state index in [4.69, 9.17) is 19.9 Å². The zero-order valence-electron chi connectivity index (χ0n) is 10.2. The highest BCUT2D eigenvalue weighted by atomic mass is 16.6. The van der Waals surface area contributed by atoms with Gasteiger partial charge in [-0.1, -0.05) is 0 Å². The van der Waals surface area contributed by atoms with Gasteiger partial charge in [0.2, 0.25) is 5.75 Å². The topological polar surface area (TPSA) is 53.7 Å². The van der Waals surface area contributed by atoms with E-state index >= 15 is 0 Å². The molecule has 2 heterocycles. The fourth-order valence-corrected chi connectivity index (χ4v) is 2.46. The van der Waals surface area contributed by atoms with E-state index in [0.717, 1.165) is 23.5 Å². The second-order valence-corrected chi connectivity index (χ2v) is 5.18. The van der Waals surface area contributed by atoms with Crippen LogP contribution >= 0.6 is 0 Å². The molecule has 1 aromatic rings. The summed E-state index contributed by atoms with van der Waals surface area (Å²) in [7, 11) is 0. The van der Waals surface area contributed by atoms with Crippen molar-refractivity contribution in [3.8, 4) is 17.2 Å². The van der Waals surface area contributed by atoms with Crippen molar-refractivity contribution in [3.63, 3.8) is 0 Å². The molecule has 1 unspecified atom stereocenters. The molecule has 2 aliphatic heterocycles. The number of hydrogen-bond donors (Lipinski definition) is 1. The number of rotatable bonds is 0. The van der Waals surface area contributed by atoms with Crippen LogP contribution in [0.2, 0.25) is 0 Å². The summed E-state index contributed by atoms with van der Waals surface area (Å²) >= 11 is 0. The molecule has 0 saturated heterocycles. The van der Waals surface area contributed by atoms with Gasteiger partial charge in [0, 0.05) is 18.0 Å². The van der Waals surface area contributed by atoms with Crippen LogP contribution in [0.25, 0.3) is 0 Å². The smallest absolute Gasteiger partial charge is 0.204 e. The zero-order valence-corrected chi connectivity index (χ0v) is 10.2. The summed E-state index contributed by atoms with van der Waals surface area (Å²) in [6.07, 6.45) is 0.805. The number of hydrogen-bond acceptors (Lipinski definition) is 4. The predicted molar refractivity (Wildman–Crippen MR) is 63.7 cm³/mol. The Morgan fingerprint density at radius 2 is 1.94 bits per heavy atom. The van der Waals surface area contributed by atoms with E-state index in [-0.39, 0.29) is 11.6 Å². The van der Waals surface area contributed by atoms with Gasteiger partial charge in [-0.25, -0.2) is 0 Å². The molecule has 3 rings (SSSR count). The summed E-state index contributed by atoms with van der Waals surface area (Å²) < 4.78 is 17.2. The molecule has 0 amide bonds. The van der Waals surface area contributed by atoms with E-state index in [1.54, 1.807) is 0 Å². The Morgan fingerprint density at radius 3 is 2.76 bits per heavy atom. The normalized spacial score (nSPS) is 24.8. The largest absolute Gasteiger partial charge is 0.486 e. The summed E-state index contributed by atoms with van der Waals surface area (Å²) in [5, 5.41) is 0. The number of fused-ring (bicyclic) bond motifs is 3. The minimum Gasteiger partial charge on any atom is -0.486 e. The van der Waals surface area contributed by atoms with Crippen LogP contribution in [0.15, 0.2) is 12.1 Å². The molecule has 1 atom stereocenters. The lowest BCUT2D eigenvalue weighted by molar-refractivity contribution is 0.0624. The van der Waals surface area contributed by atoms with Gasteiger partial charge >= 0.3 is 0 Å². The van der Waals surface area contributed by atoms with Crippen LogP contribution in [0.5, 0.6) is 17.2 Å². The molecule has 2 N–H and O–H groups in total. The highest BCUT2D eigenvalue weighted by Crippen LogP contribution is 2.49. The third kappa shape index (κ3) is 1.72. The molecule has 0 aliphatic carbocycles. The first-order valence-corrected chi connectivity index (χ1v) is 5.94. The molecule has 4 nitrogen and oxygen atoms in total. The van der Waals surface area contributed by atoms with Gasteiger partial charge in [-0.2, -0.15) is 0 Å². The van der Waals surface area contributed by atoms with Crippen molar-refractivity contribution in [2.75, 3.05) is 13.2 Å². The Labute approximate surface area is 101 Å². The van der Waals surface area contributed by atoms with Crippen LogP contribution in [0.1, 0.15) is 31.9 Å². The summed E-state index contributed by atoms with van der Waals surface area (Å²) in [5.41, 5.74) is 6.93. The van der Waals surface area contributed by atoms with Crippen LogP contribution < -0.4 is 19.9 Å². The fraction of sp³-hybridized carbons (Fsp3) is 0.538. The average molecular weight is 235 g/mol. The van der Waals surface area contributed by atoms with Gasteiger partial charge in [0.25, 0.3) is 0 Å². The second-order valence-electron chi connectivity index (χ2n) is 5.18. The molecule has 0 bridgehead atoms. The highest BCUT2D eigenvalue weighted by Gasteiger charge is 2.35. The molecular formula is C13H17NO3. The van der Waals surface area contributed by atoms with Crippen LogP contribution in [0.3, 0.4) is 0 Å². The quantitative estimate of drug-likeness (QED) is 0.747. The Balaban J connectivity index is 2.13. The van der Waals surface area contributed by atoms with Gasteiger partial charge in [-0.3, -0.25) is 0 Å². The Bertz CT molecular complexity index is 456. The highest BCUT2D eigenvalue weighted by molar-refractivity contribution is 5.58. The zero-order chi connectivity index (χ0) is 12.0. The molecule has 2 aliphatic rings. The van der Waals surface area contributed by atoms with E-state index in [9.17, 15) is 0 Å². The minimum atomic E-state index is -0.262. The van der Waals surface area contributed by atoms with Crippen molar-refractivity contribution >= 4 is 0 Å². The average Bonchev–Trinajstić information content (AvgIpc) is 2.27. The van der Waals surface area contributed by atoms with Gasteiger partial charge in [0.1, 0.15) is 18.8 Å². The first-order chi connectivity index (χ1) is 8.07. The van der Waals surface area contributed by atoms with Gasteiger partial charge in [-0.05, 0) is 26.0 Å². The summed E-state index contributed by atoms with van der Waals surface area (Å²) in [6.45, 7) is 5.22. The van der Waals surface area contributed by atoms with E-state index < -0.39 is 0 Å². The molecule has 4 heteroatoms. The van der Waals surface area contributed by atoms with Crippen molar-refractivity contribution in [1.82, 2.24) is 0 Å². The van der Waals surface area contributed by atoms with Crippen molar-refractivity contribution in [2.45, 2.75) is 31.9 Å². The fourth-order valence-electron chi connectivity index (χ4n) is 2.46. The van der Waals surface area contributed by atoms with E-state index in [2.05, 4.69) is 0 Å². The lowest BCUT2D eigenvalue weighted by Crippen LogP contribution is -2.38. The van der Waals surface area contributed by atoms with Gasteiger partial charge in [0.05, 0.1) is 0 Å². The number of ether oxygens (including phenoxy) is 3. The van der Waals surface area contributed by atoms with Crippen molar-refractivity contribution in [3.05, 3.63) is 17.7 Å². The Morgan fingerprint density at radius 1 is 1.18 bits per heavy atom. The molecule has 92 valence electrons. The predicted octanol–water partition coefficient (Wildman–Crippen LogP) is 2.02. The van der Waals surface area contributed by atoms with Gasteiger partial charge in [0.15, 0.2) is 11.5 Å². The summed E-state index contributed by atoms with van der Waals surface area (Å²) in [5.74, 6) is 2.21. The molecule has 0 radical (unpaired) electrons. The van der Waals surface area contributed by atoms with Gasteiger partial charge < -0.3 is 19.9 Å². The first kappa shape index (κ1) is 10.7. The molecule has 0 fully saturated rings. The van der Waals surface area contributed by atoms with Gasteiger partial charge in [-0.15, -0.1) is 0 Å². The molecule has 0 saturated carbocycles. The third-order valence-corrected chi connectivity index (χ3v) is 3.18. The summed E-state index contributed by atoms with van der Waals surface area (Å²) in [4.78, 5) is 0. The lowest BCUT2D eigenvalue weighted by Gasteiger charge is -2.37. The van der Waals surface area contributed by atoms with E-state index in [0.29, 0.717) is 19.0 Å². The second kappa shape index (κ2) is 3.53. The molecule has 17 heavy (non-hydrogen) atoms. The van der Waals surface area contributed by atoms with Crippen molar-refractivity contribution in [2.24, 2.45) is 5.73 Å². The Kier molecular flexibility index (Phi) is 2.23. The lowest BCUT2D eigenvalue weighted by atomic mass is 9.90. The standard InChI is InChI=1S/C13H17NO3/c1-13(2)7-9(14)8-3-4-10-12(11(8)17-13)16-6-5-15-10/h3-4,9H,5-7,14H2,1-2H3. The van der Waals surface area contributed by atoms with Crippen LogP contribution in [0, 0.1) is 0 Å². The number of nitrogens with two attached hydrogens (primary N) is 1. The van der Waals surface area contributed by atoms with Crippen LogP contribution in [-0.2, 0) is 0 Å². The maximum atomic E-state index is 6.18. The van der Waals surface area contributed by atoms with E-state index in [1.807, 2.05) is 26.0 Å². The molecule has 1 aromatic carbocycles. The van der Waals surface area contributed by atoms with Crippen LogP contribution in [-0.4, -0.2) is 18.8 Å². The molecular weight excluding hydrogens is 218 g/mol. The first-order valence-electron chi connectivity index (χ1n) is 5.94. The monoisotopic (exact) mass is 235 g/mol. The molecule has 0 aromatic heterocycles. The Hall–Kier alpha value is -1.42. The van der Waals surface area contributed by atoms with E-state index in [1.165, 1.54) is 0 Å².